The van der Waals surface area contributed by atoms with Crippen molar-refractivity contribution in [3.05, 3.63) is 71.8 Å². The van der Waals surface area contributed by atoms with E-state index in [2.05, 4.69) is 22.8 Å². The van der Waals surface area contributed by atoms with Gasteiger partial charge in [-0.05, 0) is 28.7 Å². The van der Waals surface area contributed by atoms with E-state index in [0.29, 0.717) is 6.42 Å². The van der Waals surface area contributed by atoms with Gasteiger partial charge < -0.3 is 20.5 Å². The van der Waals surface area contributed by atoms with Gasteiger partial charge >= 0.3 is 12.1 Å². The Morgan fingerprint density at radius 2 is 1.67 bits per heavy atom. The molecule has 0 aliphatic heterocycles. The first-order valence-corrected chi connectivity index (χ1v) is 9.80. The first-order valence-electron chi connectivity index (χ1n) is 9.80. The summed E-state index contributed by atoms with van der Waals surface area (Å²) in [6, 6.07) is 15.3. The Morgan fingerprint density at radius 3 is 2.23 bits per heavy atom. The van der Waals surface area contributed by atoms with Crippen LogP contribution in [-0.4, -0.2) is 42.3 Å². The number of alkyl carbamates (subject to hydrolysis) is 1. The molecule has 7 heteroatoms. The van der Waals surface area contributed by atoms with Gasteiger partial charge in [0.2, 0.25) is 5.91 Å². The van der Waals surface area contributed by atoms with Crippen LogP contribution in [0.5, 0.6) is 0 Å². The van der Waals surface area contributed by atoms with E-state index in [1.165, 1.54) is 6.08 Å². The second kappa shape index (κ2) is 9.73. The average Bonchev–Trinajstić information content (AvgIpc) is 3.07. The predicted molar refractivity (Wildman–Crippen MR) is 112 cm³/mol. The number of carboxylic acids is 1. The molecule has 2 aromatic carbocycles. The maximum Gasteiger partial charge on any atom is 0.407 e. The molecule has 0 fully saturated rings. The van der Waals surface area contributed by atoms with E-state index in [-0.39, 0.29) is 19.1 Å². The Hall–Kier alpha value is -3.61. The number of carboxylic acid groups (broad SMARTS) is 1. The van der Waals surface area contributed by atoms with E-state index >= 15 is 0 Å². The van der Waals surface area contributed by atoms with Crippen LogP contribution in [0.25, 0.3) is 11.1 Å². The fraction of sp³-hybridized carbons (Fsp3) is 0.261. The van der Waals surface area contributed by atoms with Gasteiger partial charge in [0.1, 0.15) is 12.6 Å². The first-order chi connectivity index (χ1) is 14.5. The predicted octanol–water partition coefficient (Wildman–Crippen LogP) is 3.06. The van der Waals surface area contributed by atoms with Gasteiger partial charge in [0.25, 0.3) is 0 Å². The van der Waals surface area contributed by atoms with E-state index < -0.39 is 24.0 Å². The van der Waals surface area contributed by atoms with Gasteiger partial charge in [0.05, 0.1) is 0 Å². The SMILES string of the molecule is CC[C@@H](NC(=O)OCC1c2ccccc2-c2ccccc21)C(=O)NC/C=C/C(=O)O. The number of hydrogen-bond acceptors (Lipinski definition) is 4. The largest absolute Gasteiger partial charge is 0.478 e. The normalized spacial score (nSPS) is 13.4. The molecule has 0 heterocycles. The number of carbonyl (C=O) groups excluding carboxylic acids is 2. The van der Waals surface area contributed by atoms with Crippen LogP contribution in [0.4, 0.5) is 4.79 Å². The van der Waals surface area contributed by atoms with Crippen LogP contribution in [0.1, 0.15) is 30.4 Å². The molecule has 0 spiro atoms. The summed E-state index contributed by atoms with van der Waals surface area (Å²) in [4.78, 5) is 34.9. The Balaban J connectivity index is 1.57. The molecular weight excluding hydrogens is 384 g/mol. The van der Waals surface area contributed by atoms with Crippen molar-refractivity contribution in [2.75, 3.05) is 13.2 Å². The molecule has 2 aromatic rings. The average molecular weight is 408 g/mol. The lowest BCUT2D eigenvalue weighted by atomic mass is 9.98. The lowest BCUT2D eigenvalue weighted by Crippen LogP contribution is -2.46. The second-order valence-electron chi connectivity index (χ2n) is 6.92. The summed E-state index contributed by atoms with van der Waals surface area (Å²) in [5.74, 6) is -1.55. The molecule has 0 aromatic heterocycles. The van der Waals surface area contributed by atoms with Crippen LogP contribution in [-0.2, 0) is 14.3 Å². The molecule has 0 saturated carbocycles. The molecule has 1 aliphatic rings. The highest BCUT2D eigenvalue weighted by atomic mass is 16.5. The summed E-state index contributed by atoms with van der Waals surface area (Å²) in [5.41, 5.74) is 4.51. The number of fused-ring (bicyclic) bond motifs is 3. The van der Waals surface area contributed by atoms with E-state index in [0.717, 1.165) is 28.3 Å². The summed E-state index contributed by atoms with van der Waals surface area (Å²) in [5, 5.41) is 13.7. The Kier molecular flexibility index (Phi) is 6.85. The van der Waals surface area contributed by atoms with Gasteiger partial charge in [-0.2, -0.15) is 0 Å². The van der Waals surface area contributed by atoms with Gasteiger partial charge in [-0.25, -0.2) is 9.59 Å². The molecule has 1 atom stereocenters. The molecule has 0 radical (unpaired) electrons. The molecule has 3 rings (SSSR count). The minimum Gasteiger partial charge on any atom is -0.478 e. The lowest BCUT2D eigenvalue weighted by molar-refractivity contribution is -0.131. The molecule has 2 amide bonds. The maximum absolute atomic E-state index is 12.3. The van der Waals surface area contributed by atoms with Crippen LogP contribution in [0.2, 0.25) is 0 Å². The second-order valence-corrected chi connectivity index (χ2v) is 6.92. The number of hydrogen-bond donors (Lipinski definition) is 3. The number of rotatable bonds is 8. The molecule has 0 bridgehead atoms. The van der Waals surface area contributed by atoms with Crippen LogP contribution in [0, 0.1) is 0 Å². The molecule has 0 saturated heterocycles. The number of ether oxygens (including phenoxy) is 1. The minimum atomic E-state index is -1.09. The van der Waals surface area contributed by atoms with Crippen molar-refractivity contribution in [3.63, 3.8) is 0 Å². The minimum absolute atomic E-state index is 0.0572. The Morgan fingerprint density at radius 1 is 1.07 bits per heavy atom. The topological polar surface area (TPSA) is 105 Å². The van der Waals surface area contributed by atoms with E-state index in [4.69, 9.17) is 9.84 Å². The van der Waals surface area contributed by atoms with Crippen LogP contribution < -0.4 is 10.6 Å². The molecule has 7 nitrogen and oxygen atoms in total. The van der Waals surface area contributed by atoms with Gasteiger partial charge in [-0.1, -0.05) is 61.5 Å². The third kappa shape index (κ3) is 4.86. The number of carbonyl (C=O) groups is 3. The zero-order chi connectivity index (χ0) is 21.5. The summed E-state index contributed by atoms with van der Waals surface area (Å²) >= 11 is 0. The first kappa shape index (κ1) is 21.1. The van der Waals surface area contributed by atoms with Crippen molar-refractivity contribution in [1.29, 1.82) is 0 Å². The van der Waals surface area contributed by atoms with Gasteiger partial charge in [0, 0.05) is 18.5 Å². The number of benzene rings is 2. The zero-order valence-corrected chi connectivity index (χ0v) is 16.6. The van der Waals surface area contributed by atoms with Crippen LogP contribution >= 0.6 is 0 Å². The summed E-state index contributed by atoms with van der Waals surface area (Å²) in [7, 11) is 0. The molecule has 156 valence electrons. The fourth-order valence-corrected chi connectivity index (χ4v) is 3.58. The third-order valence-electron chi connectivity index (χ3n) is 5.02. The van der Waals surface area contributed by atoms with Crippen molar-refractivity contribution < 1.29 is 24.2 Å². The van der Waals surface area contributed by atoms with Gasteiger partial charge in [-0.15, -0.1) is 0 Å². The highest BCUT2D eigenvalue weighted by molar-refractivity contribution is 5.86. The van der Waals surface area contributed by atoms with Crippen molar-refractivity contribution in [2.24, 2.45) is 0 Å². The van der Waals surface area contributed by atoms with E-state index in [1.54, 1.807) is 6.92 Å². The van der Waals surface area contributed by atoms with Crippen LogP contribution in [0.15, 0.2) is 60.7 Å². The van der Waals surface area contributed by atoms with Crippen molar-refractivity contribution in [1.82, 2.24) is 10.6 Å². The summed E-state index contributed by atoms with van der Waals surface area (Å²) < 4.78 is 5.46. The number of nitrogens with one attached hydrogen (secondary N) is 2. The molecular formula is C23H24N2O5. The van der Waals surface area contributed by atoms with Gasteiger partial charge in [-0.3, -0.25) is 4.79 Å². The molecule has 1 aliphatic carbocycles. The van der Waals surface area contributed by atoms with Crippen LogP contribution in [0.3, 0.4) is 0 Å². The monoisotopic (exact) mass is 408 g/mol. The summed E-state index contributed by atoms with van der Waals surface area (Å²) in [6.45, 7) is 1.99. The maximum atomic E-state index is 12.3. The molecule has 30 heavy (non-hydrogen) atoms. The Bertz CT molecular complexity index is 924. The van der Waals surface area contributed by atoms with Crippen molar-refractivity contribution >= 4 is 18.0 Å². The zero-order valence-electron chi connectivity index (χ0n) is 16.6. The van der Waals surface area contributed by atoms with Crippen molar-refractivity contribution in [2.45, 2.75) is 25.3 Å². The highest BCUT2D eigenvalue weighted by Gasteiger charge is 2.29. The van der Waals surface area contributed by atoms with Crippen molar-refractivity contribution in [3.8, 4) is 11.1 Å². The van der Waals surface area contributed by atoms with E-state index in [9.17, 15) is 14.4 Å². The lowest BCUT2D eigenvalue weighted by Gasteiger charge is -2.18. The Labute approximate surface area is 174 Å². The molecule has 3 N–H and O–H groups in total. The summed E-state index contributed by atoms with van der Waals surface area (Å²) in [6.07, 6.45) is 1.97. The quantitative estimate of drug-likeness (QED) is 0.583. The number of aliphatic carboxylic acids is 1. The smallest absolute Gasteiger partial charge is 0.407 e. The number of amides is 2. The standard InChI is InChI=1S/C23H24N2O5/c1-2-20(22(28)24-13-7-12-21(26)27)25-23(29)30-14-19-17-10-5-3-8-15(17)16-9-4-6-11-18(16)19/h3-12,19-20H,2,13-14H2,1H3,(H,24,28)(H,25,29)(H,26,27)/b12-7+/t20-/m1/s1. The fourth-order valence-electron chi connectivity index (χ4n) is 3.58. The van der Waals surface area contributed by atoms with E-state index in [1.807, 2.05) is 36.4 Å². The highest BCUT2D eigenvalue weighted by Crippen LogP contribution is 2.44. The molecule has 0 unspecified atom stereocenters. The van der Waals surface area contributed by atoms with Gasteiger partial charge in [0.15, 0.2) is 0 Å². The third-order valence-corrected chi connectivity index (χ3v) is 5.02.